The minimum Gasteiger partial charge on any atom is -0.361 e. The van der Waals surface area contributed by atoms with Crippen molar-refractivity contribution in [3.05, 3.63) is 71.9 Å². The number of fused-ring (bicyclic) bond motifs is 1. The Labute approximate surface area is 181 Å². The lowest BCUT2D eigenvalue weighted by Crippen LogP contribution is -2.50. The summed E-state index contributed by atoms with van der Waals surface area (Å²) in [4.78, 5) is 40.4. The minimum atomic E-state index is -0.709. The Kier molecular flexibility index (Phi) is 7.43. The lowest BCUT2D eigenvalue weighted by molar-refractivity contribution is -0.130. The van der Waals surface area contributed by atoms with Crippen LogP contribution in [0.2, 0.25) is 0 Å². The summed E-state index contributed by atoms with van der Waals surface area (Å²) in [6.07, 6.45) is 2.23. The summed E-state index contributed by atoms with van der Waals surface area (Å²) in [5.41, 5.74) is 2.50. The van der Waals surface area contributed by atoms with Crippen LogP contribution < -0.4 is 16.0 Å². The van der Waals surface area contributed by atoms with Crippen molar-refractivity contribution in [1.82, 2.24) is 20.9 Å². The molecule has 0 spiro atoms. The molecule has 4 N–H and O–H groups in total. The fraction of sp³-hybridized carbons (Fsp3) is 0.292. The van der Waals surface area contributed by atoms with Crippen LogP contribution in [-0.4, -0.2) is 41.8 Å². The van der Waals surface area contributed by atoms with Gasteiger partial charge in [0.05, 0.1) is 0 Å². The number of aromatic nitrogens is 1. The smallest absolute Gasteiger partial charge is 0.251 e. The molecule has 0 aliphatic heterocycles. The highest BCUT2D eigenvalue weighted by Crippen LogP contribution is 2.19. The predicted octanol–water partition coefficient (Wildman–Crippen LogP) is 2.40. The topological polar surface area (TPSA) is 103 Å². The number of carbonyl (C=O) groups excluding carboxylic acids is 3. The van der Waals surface area contributed by atoms with Crippen molar-refractivity contribution in [2.24, 2.45) is 5.92 Å². The number of aromatic amines is 1. The molecule has 1 unspecified atom stereocenters. The minimum absolute atomic E-state index is 0.183. The quantitative estimate of drug-likeness (QED) is 0.400. The summed E-state index contributed by atoms with van der Waals surface area (Å²) in [5, 5.41) is 9.46. The molecule has 0 radical (unpaired) electrons. The standard InChI is InChI=1S/C24H28N4O3/c1-16(2)22(29)28-21(14-18-15-27-20-11-7-6-10-19(18)20)24(31)26-13-12-25-23(30)17-8-4-3-5-9-17/h3-11,15-16,21,27H,12-14H2,1-2H3,(H,25,30)(H,26,31)(H,28,29). The Balaban J connectivity index is 1.59. The van der Waals surface area contributed by atoms with E-state index in [1.165, 1.54) is 0 Å². The van der Waals surface area contributed by atoms with Gasteiger partial charge in [0.1, 0.15) is 6.04 Å². The molecule has 1 atom stereocenters. The molecule has 0 aliphatic carbocycles. The normalized spacial score (nSPS) is 11.8. The largest absolute Gasteiger partial charge is 0.361 e. The molecule has 1 heterocycles. The molecule has 3 aromatic rings. The zero-order valence-corrected chi connectivity index (χ0v) is 17.8. The maximum absolute atomic E-state index is 12.8. The van der Waals surface area contributed by atoms with Crippen molar-refractivity contribution in [2.75, 3.05) is 13.1 Å². The first-order valence-electron chi connectivity index (χ1n) is 10.4. The highest BCUT2D eigenvalue weighted by atomic mass is 16.2. The van der Waals surface area contributed by atoms with Gasteiger partial charge in [0.25, 0.3) is 5.91 Å². The number of rotatable bonds is 9. The average molecular weight is 421 g/mol. The number of carbonyl (C=O) groups is 3. The third-order valence-corrected chi connectivity index (χ3v) is 5.00. The first-order valence-corrected chi connectivity index (χ1v) is 10.4. The molecule has 0 bridgehead atoms. The number of benzene rings is 2. The van der Waals surface area contributed by atoms with Crippen LogP contribution in [0.25, 0.3) is 10.9 Å². The Morgan fingerprint density at radius 1 is 0.871 bits per heavy atom. The first kappa shape index (κ1) is 22.1. The van der Waals surface area contributed by atoms with Crippen molar-refractivity contribution in [3.8, 4) is 0 Å². The van der Waals surface area contributed by atoms with E-state index >= 15 is 0 Å². The molecule has 0 saturated heterocycles. The number of H-pyrrole nitrogens is 1. The maximum Gasteiger partial charge on any atom is 0.251 e. The van der Waals surface area contributed by atoms with Crippen LogP contribution in [0.5, 0.6) is 0 Å². The molecule has 0 aliphatic rings. The third-order valence-electron chi connectivity index (χ3n) is 5.00. The van der Waals surface area contributed by atoms with Gasteiger partial charge in [0.15, 0.2) is 0 Å². The highest BCUT2D eigenvalue weighted by molar-refractivity contribution is 5.94. The lowest BCUT2D eigenvalue weighted by atomic mass is 10.0. The maximum atomic E-state index is 12.8. The molecule has 7 heteroatoms. The molecular formula is C24H28N4O3. The molecule has 2 aromatic carbocycles. The zero-order chi connectivity index (χ0) is 22.2. The van der Waals surface area contributed by atoms with Crippen molar-refractivity contribution in [2.45, 2.75) is 26.3 Å². The Hall–Kier alpha value is -3.61. The summed E-state index contributed by atoms with van der Waals surface area (Å²) in [6, 6.07) is 16.0. The molecule has 162 valence electrons. The van der Waals surface area contributed by atoms with Gasteiger partial charge in [-0.05, 0) is 23.8 Å². The predicted molar refractivity (Wildman–Crippen MR) is 121 cm³/mol. The number of para-hydroxylation sites is 1. The number of hydrogen-bond donors (Lipinski definition) is 4. The van der Waals surface area contributed by atoms with E-state index in [1.54, 1.807) is 38.1 Å². The van der Waals surface area contributed by atoms with E-state index in [-0.39, 0.29) is 36.7 Å². The van der Waals surface area contributed by atoms with E-state index in [1.807, 2.05) is 36.5 Å². The monoisotopic (exact) mass is 420 g/mol. The van der Waals surface area contributed by atoms with Gasteiger partial charge < -0.3 is 20.9 Å². The summed E-state index contributed by atoms with van der Waals surface area (Å²) in [7, 11) is 0. The summed E-state index contributed by atoms with van der Waals surface area (Å²) >= 11 is 0. The highest BCUT2D eigenvalue weighted by Gasteiger charge is 2.23. The van der Waals surface area contributed by atoms with E-state index in [0.717, 1.165) is 16.5 Å². The van der Waals surface area contributed by atoms with Crippen LogP contribution in [0.15, 0.2) is 60.8 Å². The van der Waals surface area contributed by atoms with E-state index < -0.39 is 6.04 Å². The van der Waals surface area contributed by atoms with Gasteiger partial charge in [-0.2, -0.15) is 0 Å². The lowest BCUT2D eigenvalue weighted by Gasteiger charge is -2.19. The van der Waals surface area contributed by atoms with Gasteiger partial charge in [0.2, 0.25) is 11.8 Å². The molecule has 0 fully saturated rings. The zero-order valence-electron chi connectivity index (χ0n) is 17.8. The van der Waals surface area contributed by atoms with E-state index in [4.69, 9.17) is 0 Å². The van der Waals surface area contributed by atoms with E-state index in [2.05, 4.69) is 20.9 Å². The van der Waals surface area contributed by atoms with Crippen LogP contribution in [0.1, 0.15) is 29.8 Å². The van der Waals surface area contributed by atoms with Crippen molar-refractivity contribution in [3.63, 3.8) is 0 Å². The Bertz CT molecular complexity index is 1040. The third kappa shape index (κ3) is 5.94. The molecular weight excluding hydrogens is 392 g/mol. The van der Waals surface area contributed by atoms with Gasteiger partial charge in [0, 0.05) is 48.1 Å². The molecule has 1 aromatic heterocycles. The SMILES string of the molecule is CC(C)C(=O)NC(Cc1c[nH]c2ccccc12)C(=O)NCCNC(=O)c1ccccc1. The summed E-state index contributed by atoms with van der Waals surface area (Å²) in [6.45, 7) is 4.13. The number of nitrogens with one attached hydrogen (secondary N) is 4. The second-order valence-corrected chi connectivity index (χ2v) is 7.69. The van der Waals surface area contributed by atoms with Crippen molar-refractivity contribution in [1.29, 1.82) is 0 Å². The van der Waals surface area contributed by atoms with Crippen LogP contribution >= 0.6 is 0 Å². The van der Waals surface area contributed by atoms with Gasteiger partial charge in [-0.1, -0.05) is 50.2 Å². The fourth-order valence-corrected chi connectivity index (χ4v) is 3.24. The second-order valence-electron chi connectivity index (χ2n) is 7.69. The molecule has 3 amide bonds. The number of amides is 3. The van der Waals surface area contributed by atoms with Crippen molar-refractivity contribution < 1.29 is 14.4 Å². The molecule has 31 heavy (non-hydrogen) atoms. The van der Waals surface area contributed by atoms with Gasteiger partial charge in [-0.3, -0.25) is 14.4 Å². The van der Waals surface area contributed by atoms with E-state index in [9.17, 15) is 14.4 Å². The van der Waals surface area contributed by atoms with Crippen molar-refractivity contribution >= 4 is 28.6 Å². The van der Waals surface area contributed by atoms with Crippen LogP contribution in [-0.2, 0) is 16.0 Å². The molecule has 7 nitrogen and oxygen atoms in total. The van der Waals surface area contributed by atoms with E-state index in [0.29, 0.717) is 12.0 Å². The average Bonchev–Trinajstić information content (AvgIpc) is 3.19. The van der Waals surface area contributed by atoms with Gasteiger partial charge in [-0.15, -0.1) is 0 Å². The Morgan fingerprint density at radius 2 is 1.55 bits per heavy atom. The fourth-order valence-electron chi connectivity index (χ4n) is 3.24. The summed E-state index contributed by atoms with van der Waals surface area (Å²) < 4.78 is 0. The van der Waals surface area contributed by atoms with Gasteiger partial charge in [-0.25, -0.2) is 0 Å². The summed E-state index contributed by atoms with van der Waals surface area (Å²) in [5.74, 6) is -0.896. The van der Waals surface area contributed by atoms with Crippen LogP contribution in [0, 0.1) is 5.92 Å². The molecule has 3 rings (SSSR count). The number of hydrogen-bond acceptors (Lipinski definition) is 3. The Morgan fingerprint density at radius 3 is 2.29 bits per heavy atom. The van der Waals surface area contributed by atoms with Gasteiger partial charge >= 0.3 is 0 Å². The van der Waals surface area contributed by atoms with Crippen LogP contribution in [0.4, 0.5) is 0 Å². The second kappa shape index (κ2) is 10.4. The van der Waals surface area contributed by atoms with Crippen LogP contribution in [0.3, 0.4) is 0 Å². The molecule has 0 saturated carbocycles. The first-order chi connectivity index (χ1) is 15.0.